The number of rotatable bonds is 6. The topological polar surface area (TPSA) is 69.0 Å². The Morgan fingerprint density at radius 2 is 1.87 bits per heavy atom. The fourth-order valence-corrected chi connectivity index (χ4v) is 3.88. The van der Waals surface area contributed by atoms with Gasteiger partial charge in [0.05, 0.1) is 30.3 Å². The molecule has 2 heterocycles. The largest absolute Gasteiger partial charge is 0.497 e. The van der Waals surface area contributed by atoms with Gasteiger partial charge in [-0.2, -0.15) is 5.10 Å². The number of nitrogens with zero attached hydrogens (tertiary/aromatic N) is 3. The van der Waals surface area contributed by atoms with Gasteiger partial charge in [0.1, 0.15) is 5.75 Å². The third kappa shape index (κ3) is 3.89. The summed E-state index contributed by atoms with van der Waals surface area (Å²) in [5.74, 6) is 1.03. The van der Waals surface area contributed by atoms with E-state index < -0.39 is 0 Å². The number of fused-ring (bicyclic) bond motifs is 1. The first-order valence-corrected chi connectivity index (χ1v) is 10.5. The zero-order valence-electron chi connectivity index (χ0n) is 17.6. The van der Waals surface area contributed by atoms with E-state index in [1.54, 1.807) is 7.11 Å². The molecular weight excluding hydrogens is 388 g/mol. The van der Waals surface area contributed by atoms with Crippen LogP contribution in [0.4, 0.5) is 5.69 Å². The van der Waals surface area contributed by atoms with Crippen molar-refractivity contribution in [3.63, 3.8) is 0 Å². The van der Waals surface area contributed by atoms with E-state index in [0.29, 0.717) is 18.0 Å². The van der Waals surface area contributed by atoms with Crippen LogP contribution in [0.1, 0.15) is 46.1 Å². The minimum Gasteiger partial charge on any atom is -0.497 e. The molecule has 1 fully saturated rings. The molecule has 1 aliphatic rings. The van der Waals surface area contributed by atoms with Crippen molar-refractivity contribution in [2.45, 2.75) is 32.2 Å². The molecule has 0 spiro atoms. The SMILES string of the molecule is COc1ccc(NC(=O)c2cc(C3CC3)nc3c2c(C)nn3Cc2ccccc2)cc1. The molecule has 0 radical (unpaired) electrons. The van der Waals surface area contributed by atoms with E-state index in [0.717, 1.165) is 52.3 Å². The van der Waals surface area contributed by atoms with Gasteiger partial charge in [-0.05, 0) is 55.7 Å². The Kier molecular flexibility index (Phi) is 4.90. The summed E-state index contributed by atoms with van der Waals surface area (Å²) in [4.78, 5) is 18.2. The van der Waals surface area contributed by atoms with Crippen molar-refractivity contribution < 1.29 is 9.53 Å². The molecule has 0 atom stereocenters. The highest BCUT2D eigenvalue weighted by atomic mass is 16.5. The molecule has 31 heavy (non-hydrogen) atoms. The van der Waals surface area contributed by atoms with Crippen LogP contribution >= 0.6 is 0 Å². The summed E-state index contributed by atoms with van der Waals surface area (Å²) in [5, 5.41) is 8.56. The Labute approximate surface area is 180 Å². The Balaban J connectivity index is 1.55. The van der Waals surface area contributed by atoms with Crippen LogP contribution in [0.2, 0.25) is 0 Å². The van der Waals surface area contributed by atoms with Crippen LogP contribution < -0.4 is 10.1 Å². The second kappa shape index (κ2) is 7.87. The number of carbonyl (C=O) groups excluding carboxylic acids is 1. The zero-order chi connectivity index (χ0) is 21.4. The third-order valence-corrected chi connectivity index (χ3v) is 5.66. The fourth-order valence-electron chi connectivity index (χ4n) is 3.88. The van der Waals surface area contributed by atoms with Crippen molar-refractivity contribution in [2.75, 3.05) is 12.4 Å². The number of methoxy groups -OCH3 is 1. The molecule has 2 aromatic heterocycles. The van der Waals surface area contributed by atoms with Gasteiger partial charge in [0.25, 0.3) is 5.91 Å². The molecule has 0 bridgehead atoms. The lowest BCUT2D eigenvalue weighted by Gasteiger charge is -2.10. The van der Waals surface area contributed by atoms with Crippen molar-refractivity contribution in [3.8, 4) is 5.75 Å². The highest BCUT2D eigenvalue weighted by Crippen LogP contribution is 2.40. The standard InChI is InChI=1S/C25H24N4O2/c1-16-23-21(25(30)26-19-10-12-20(31-2)13-11-19)14-22(18-8-9-18)27-24(23)29(28-16)15-17-6-4-3-5-7-17/h3-7,10-14,18H,8-9,15H2,1-2H3,(H,26,30). The van der Waals surface area contributed by atoms with Crippen LogP contribution in [-0.4, -0.2) is 27.8 Å². The molecule has 1 amide bonds. The number of anilines is 1. The highest BCUT2D eigenvalue weighted by molar-refractivity contribution is 6.12. The summed E-state index contributed by atoms with van der Waals surface area (Å²) < 4.78 is 7.11. The number of aromatic nitrogens is 3. The van der Waals surface area contributed by atoms with Crippen molar-refractivity contribution in [3.05, 3.63) is 83.2 Å². The van der Waals surface area contributed by atoms with Crippen molar-refractivity contribution in [1.82, 2.24) is 14.8 Å². The number of carbonyl (C=O) groups is 1. The molecule has 0 unspecified atom stereocenters. The van der Waals surface area contributed by atoms with Gasteiger partial charge in [0.2, 0.25) is 0 Å². The smallest absolute Gasteiger partial charge is 0.256 e. The van der Waals surface area contributed by atoms with Crippen LogP contribution in [0.5, 0.6) is 5.75 Å². The highest BCUT2D eigenvalue weighted by Gasteiger charge is 2.28. The van der Waals surface area contributed by atoms with Crippen LogP contribution in [0.3, 0.4) is 0 Å². The van der Waals surface area contributed by atoms with Gasteiger partial charge >= 0.3 is 0 Å². The second-order valence-corrected chi connectivity index (χ2v) is 7.98. The van der Waals surface area contributed by atoms with Gasteiger partial charge in [0, 0.05) is 17.3 Å². The quantitative estimate of drug-likeness (QED) is 0.488. The van der Waals surface area contributed by atoms with Crippen molar-refractivity contribution >= 4 is 22.6 Å². The lowest BCUT2D eigenvalue weighted by atomic mass is 10.1. The Morgan fingerprint density at radius 3 is 2.55 bits per heavy atom. The van der Waals surface area contributed by atoms with Crippen LogP contribution in [0, 0.1) is 6.92 Å². The fraction of sp³-hybridized carbons (Fsp3) is 0.240. The Bertz CT molecular complexity index is 1240. The number of hydrogen-bond acceptors (Lipinski definition) is 4. The molecular formula is C25H24N4O2. The van der Waals surface area contributed by atoms with E-state index in [-0.39, 0.29) is 5.91 Å². The molecule has 1 saturated carbocycles. The average molecular weight is 412 g/mol. The van der Waals surface area contributed by atoms with Crippen molar-refractivity contribution in [1.29, 1.82) is 0 Å². The predicted molar refractivity (Wildman–Crippen MR) is 121 cm³/mol. The first-order valence-electron chi connectivity index (χ1n) is 10.5. The summed E-state index contributed by atoms with van der Waals surface area (Å²) in [6, 6.07) is 19.5. The Hall–Kier alpha value is -3.67. The molecule has 1 aliphatic carbocycles. The number of nitrogens with one attached hydrogen (secondary N) is 1. The summed E-state index contributed by atoms with van der Waals surface area (Å²) in [6.07, 6.45) is 2.23. The van der Waals surface area contributed by atoms with Crippen LogP contribution in [0.15, 0.2) is 60.7 Å². The zero-order valence-corrected chi connectivity index (χ0v) is 17.6. The monoisotopic (exact) mass is 412 g/mol. The molecule has 1 N–H and O–H groups in total. The minimum atomic E-state index is -0.151. The molecule has 0 aliphatic heterocycles. The minimum absolute atomic E-state index is 0.151. The molecule has 5 rings (SSSR count). The van der Waals surface area contributed by atoms with E-state index in [9.17, 15) is 4.79 Å². The molecule has 0 saturated heterocycles. The number of ether oxygens (including phenoxy) is 1. The van der Waals surface area contributed by atoms with Crippen molar-refractivity contribution in [2.24, 2.45) is 0 Å². The number of benzene rings is 2. The van der Waals surface area contributed by atoms with Gasteiger partial charge in [0.15, 0.2) is 5.65 Å². The van der Waals surface area contributed by atoms with E-state index in [1.165, 1.54) is 0 Å². The summed E-state index contributed by atoms with van der Waals surface area (Å²) >= 11 is 0. The summed E-state index contributed by atoms with van der Waals surface area (Å²) in [6.45, 7) is 2.55. The van der Waals surface area contributed by atoms with Gasteiger partial charge in [-0.25, -0.2) is 9.67 Å². The van der Waals surface area contributed by atoms with Gasteiger partial charge in [-0.15, -0.1) is 0 Å². The lowest BCUT2D eigenvalue weighted by molar-refractivity contribution is 0.102. The van der Waals surface area contributed by atoms with E-state index >= 15 is 0 Å². The van der Waals surface area contributed by atoms with E-state index in [2.05, 4.69) is 17.4 Å². The average Bonchev–Trinajstić information content (AvgIpc) is 3.60. The van der Waals surface area contributed by atoms with Gasteiger partial charge in [-0.1, -0.05) is 30.3 Å². The summed E-state index contributed by atoms with van der Waals surface area (Å²) in [7, 11) is 1.62. The number of hydrogen-bond donors (Lipinski definition) is 1. The molecule has 6 heteroatoms. The van der Waals surface area contributed by atoms with Gasteiger partial charge in [-0.3, -0.25) is 4.79 Å². The van der Waals surface area contributed by atoms with Gasteiger partial charge < -0.3 is 10.1 Å². The number of amides is 1. The summed E-state index contributed by atoms with van der Waals surface area (Å²) in [5.41, 5.74) is 5.04. The number of aryl methyl sites for hydroxylation is 1. The second-order valence-electron chi connectivity index (χ2n) is 7.98. The first kappa shape index (κ1) is 19.3. The van der Waals surface area contributed by atoms with Crippen LogP contribution in [-0.2, 0) is 6.54 Å². The maximum absolute atomic E-state index is 13.3. The maximum atomic E-state index is 13.3. The third-order valence-electron chi connectivity index (χ3n) is 5.66. The normalized spacial score (nSPS) is 13.4. The molecule has 6 nitrogen and oxygen atoms in total. The first-order chi connectivity index (χ1) is 15.1. The Morgan fingerprint density at radius 1 is 1.13 bits per heavy atom. The van der Waals surface area contributed by atoms with E-state index in [4.69, 9.17) is 14.8 Å². The predicted octanol–water partition coefficient (Wildman–Crippen LogP) is 4.93. The lowest BCUT2D eigenvalue weighted by Crippen LogP contribution is -2.14. The van der Waals surface area contributed by atoms with E-state index in [1.807, 2.05) is 60.1 Å². The molecule has 4 aromatic rings. The maximum Gasteiger partial charge on any atom is 0.256 e. The number of pyridine rings is 1. The molecule has 156 valence electrons. The molecule has 2 aromatic carbocycles. The van der Waals surface area contributed by atoms with Crippen LogP contribution in [0.25, 0.3) is 11.0 Å².